The lowest BCUT2D eigenvalue weighted by Crippen LogP contribution is -3.00. The average molecular weight is 2140 g/mol. The van der Waals surface area contributed by atoms with E-state index < -0.39 is 50.4 Å². The maximum Gasteiger partial charge on any atom is 0.433 e. The molecule has 0 saturated carbocycles. The third-order valence-electron chi connectivity index (χ3n) is 26.0. The van der Waals surface area contributed by atoms with E-state index in [1.165, 1.54) is 34.9 Å². The van der Waals surface area contributed by atoms with Gasteiger partial charge >= 0.3 is 29.7 Å². The number of nitrogens with one attached hydrogen (secondary N) is 1. The molecule has 141 heavy (non-hydrogen) atoms. The highest BCUT2D eigenvalue weighted by Crippen LogP contribution is 2.55. The molecule has 0 spiro atoms. The summed E-state index contributed by atoms with van der Waals surface area (Å²) >= 11 is 0. The first kappa shape index (κ1) is 106. The number of allylic oxidation sites excluding steroid dienone is 13. The highest BCUT2D eigenvalue weighted by atomic mass is 127. The standard InChI is InChI=1S/C40H37N3O4.C38H38N4O5.C26H25N2O3.C7H5NO5.2BrH.HI/c1-39(2)34(42(22-21-36(45)46)32-17-15-28-9-5-7-11-30(28)37(32)39)19-13-27(25-41)14-20-35-40(3,4)38-31-12-8-6-10-29(31)16-18-33(38)43(35)23-24-47-26-44;1-25(44)40-28-13-15-31-30(22-28)37(2,3)33(42(31)20-21-47-24-43)16-10-26(23-39)11-17-34-38(4,5)36-29-9-7-6-8-27(29)12-14-32(36)41(34)19-18-35(45)46;1-26(2)23(16-24-27(3)20-10-6-7-11-22(20)31-24)28(14-15-30-17-29)21-13-12-18-8-4-5-9-19(18)25(21)26;9-7(10)4-2-5-1-3-6(13-5)8(11)12;;;/h5-20,26H,21-24H2,1-4H3;6-17,22,24H,18-21H2,1-5H3,(H-,40,44,45,46);4-13,16-17H,14-15H2,1-3H3;1-4H,(H,9,10);3*1H/q;;+1;;;;/p-1/b;;;4-2+;;;. The molecule has 0 saturated heterocycles. The van der Waals surface area contributed by atoms with Crippen LogP contribution in [0, 0.1) is 32.8 Å². The number of halogens is 3. The van der Waals surface area contributed by atoms with Crippen molar-refractivity contribution in [3.63, 3.8) is 0 Å². The van der Waals surface area contributed by atoms with E-state index in [2.05, 4.69) is 235 Å². The van der Waals surface area contributed by atoms with Crippen molar-refractivity contribution in [1.29, 1.82) is 10.5 Å². The zero-order valence-electron chi connectivity index (χ0n) is 79.9. The van der Waals surface area contributed by atoms with Crippen molar-refractivity contribution in [3.05, 3.63) is 333 Å². The Morgan fingerprint density at radius 3 is 1.31 bits per heavy atom. The van der Waals surface area contributed by atoms with Crippen molar-refractivity contribution in [2.24, 2.45) is 7.05 Å². The fourth-order valence-corrected chi connectivity index (χ4v) is 19.7. The van der Waals surface area contributed by atoms with Crippen molar-refractivity contribution in [2.75, 3.05) is 72.6 Å². The van der Waals surface area contributed by atoms with Gasteiger partial charge in [0.05, 0.1) is 65.9 Å². The molecule has 2 aromatic heterocycles. The van der Waals surface area contributed by atoms with Gasteiger partial charge in [0, 0.05) is 111 Å². The molecule has 0 radical (unpaired) electrons. The van der Waals surface area contributed by atoms with E-state index in [1.807, 2.05) is 122 Å². The Balaban J connectivity index is 0.000000191. The summed E-state index contributed by atoms with van der Waals surface area (Å²) in [5.41, 5.74) is 17.1. The molecule has 0 bridgehead atoms. The number of furan rings is 1. The number of ether oxygens (including phenoxy) is 3. The fraction of sp³-hybridized carbons (Fsp3) is 0.243. The number of hydrogen-bond acceptors (Lipinski definition) is 19. The van der Waals surface area contributed by atoms with Gasteiger partial charge in [-0.25, -0.2) is 4.79 Å². The number of aliphatic carboxylic acids is 3. The van der Waals surface area contributed by atoms with Crippen molar-refractivity contribution in [2.45, 2.75) is 116 Å². The maximum atomic E-state index is 11.7. The predicted molar refractivity (Wildman–Crippen MR) is 533 cm³/mol. The number of carbonyl (C=O) groups excluding carboxylic acids is 4. The molecular formula is C111H107Br2IN10O17. The summed E-state index contributed by atoms with van der Waals surface area (Å²) in [7, 11) is 2.02. The van der Waals surface area contributed by atoms with Crippen LogP contribution in [0.5, 0.6) is 0 Å². The second-order valence-corrected chi connectivity index (χ2v) is 36.3. The van der Waals surface area contributed by atoms with Gasteiger partial charge in [-0.05, 0) is 185 Å². The van der Waals surface area contributed by atoms with E-state index in [0.717, 1.165) is 141 Å². The number of benzene rings is 10. The molecule has 12 aromatic rings. The van der Waals surface area contributed by atoms with Crippen molar-refractivity contribution in [3.8, 4) is 12.1 Å². The summed E-state index contributed by atoms with van der Waals surface area (Å²) in [5, 5.41) is 70.0. The van der Waals surface area contributed by atoms with E-state index in [1.54, 1.807) is 12.2 Å². The number of fused-ring (bicyclic) bond motifs is 14. The normalized spacial score (nSPS) is 16.0. The SMILES string of the molecule is CC(=O)Nc1ccc2c(c1)C(C)(C)C(=CC=C(C#N)C=CC1=[N+](CCC(=O)O)c3ccc4ccccc4c3C1(C)C)N2CCOC=O.CC1(C)C(=CC=C(C#N)C=CC2=[N+](CCC(=O)O)c3ccc4ccccc4c3C2(C)C)N(CCOC=O)c2ccc3ccccc3c21.C[n+]1c(C=C2N(CCOC=O)c3ccc4ccccc4c3C2(C)C)oc2ccccc21.O=C(O)/C=C/c1ccc([N+](=O)[O-])o1.[Br-].[Br-].[I-]. The fourth-order valence-electron chi connectivity index (χ4n) is 19.7. The van der Waals surface area contributed by atoms with Crippen molar-refractivity contribution >= 4 is 161 Å². The van der Waals surface area contributed by atoms with E-state index in [4.69, 9.17) is 23.7 Å². The number of hydrogen-bond donors (Lipinski definition) is 4. The minimum absolute atomic E-state index is 0. The number of oxazole rings is 1. The quantitative estimate of drug-likeness (QED) is 0.00323. The third-order valence-corrected chi connectivity index (χ3v) is 26.0. The number of aryl methyl sites for hydroxylation is 1. The van der Waals surface area contributed by atoms with Gasteiger partial charge in [0.2, 0.25) is 22.9 Å². The monoisotopic (exact) mass is 2140 g/mol. The summed E-state index contributed by atoms with van der Waals surface area (Å²) in [6.07, 6.45) is 19.0. The number of aromatic nitrogens is 1. The molecular weight excluding hydrogens is 2030 g/mol. The van der Waals surface area contributed by atoms with Gasteiger partial charge in [0.15, 0.2) is 24.5 Å². The highest BCUT2D eigenvalue weighted by Gasteiger charge is 2.49. The molecule has 0 aliphatic carbocycles. The van der Waals surface area contributed by atoms with Gasteiger partial charge in [0.25, 0.3) is 24.9 Å². The summed E-state index contributed by atoms with van der Waals surface area (Å²) in [4.78, 5) is 93.6. The zero-order chi connectivity index (χ0) is 98.7. The lowest BCUT2D eigenvalue weighted by molar-refractivity contribution is -0.652. The number of amides is 1. The van der Waals surface area contributed by atoms with Crippen molar-refractivity contribution < 1.29 is 149 Å². The molecule has 10 aromatic carbocycles. The second kappa shape index (κ2) is 45.3. The van der Waals surface area contributed by atoms with Gasteiger partial charge in [-0.3, -0.25) is 38.9 Å². The first-order chi connectivity index (χ1) is 66.1. The zero-order valence-corrected chi connectivity index (χ0v) is 85.3. The Morgan fingerprint density at radius 1 is 0.489 bits per heavy atom. The molecule has 5 aliphatic rings. The Labute approximate surface area is 854 Å². The molecule has 4 N–H and O–H groups in total. The van der Waals surface area contributed by atoms with Crippen LogP contribution < -0.4 is 82.5 Å². The molecule has 5 aliphatic heterocycles. The number of nitro groups is 1. The highest BCUT2D eigenvalue weighted by molar-refractivity contribution is 6.10. The molecule has 0 unspecified atom stereocenters. The maximum absolute atomic E-state index is 11.7. The average Bonchev–Trinajstić information content (AvgIpc) is 1.58. The lowest BCUT2D eigenvalue weighted by Gasteiger charge is -2.26. The Hall–Kier alpha value is -15.0. The van der Waals surface area contributed by atoms with Crippen LogP contribution in [0.2, 0.25) is 0 Å². The summed E-state index contributed by atoms with van der Waals surface area (Å²) < 4.78 is 32.2. The predicted octanol–water partition coefficient (Wildman–Crippen LogP) is 11.2. The van der Waals surface area contributed by atoms with Gasteiger partial charge < -0.3 is 116 Å². The van der Waals surface area contributed by atoms with Crippen LogP contribution in [-0.4, -0.2) is 137 Å². The Kier molecular flexibility index (Phi) is 34.2. The molecule has 1 amide bonds. The topological polar surface area (TPSA) is 357 Å². The number of nitrogens with zero attached hydrogens (tertiary/aromatic N) is 9. The first-order valence-corrected chi connectivity index (χ1v) is 45.1. The minimum atomic E-state index is -1.14. The summed E-state index contributed by atoms with van der Waals surface area (Å²) in [6, 6.07) is 70.9. The number of carboxylic acid groups (broad SMARTS) is 3. The van der Waals surface area contributed by atoms with Gasteiger partial charge in [0.1, 0.15) is 50.4 Å². The second-order valence-electron chi connectivity index (χ2n) is 36.3. The van der Waals surface area contributed by atoms with Crippen LogP contribution in [-0.2, 0) is 81.9 Å². The molecule has 0 fully saturated rings. The Bertz CT molecular complexity index is 7350. The smallest absolute Gasteiger partial charge is 0.433 e. The van der Waals surface area contributed by atoms with Crippen LogP contribution in [0.3, 0.4) is 0 Å². The lowest BCUT2D eigenvalue weighted by atomic mass is 9.79. The van der Waals surface area contributed by atoms with Crippen LogP contribution >= 0.6 is 0 Å². The summed E-state index contributed by atoms with van der Waals surface area (Å²) in [5.74, 6) is -2.54. The number of anilines is 4. The molecule has 17 rings (SSSR count). The van der Waals surface area contributed by atoms with Gasteiger partial charge in [-0.1, -0.05) is 163 Å². The van der Waals surface area contributed by atoms with Crippen LogP contribution in [0.15, 0.2) is 292 Å². The number of nitriles is 2. The third kappa shape index (κ3) is 22.2. The van der Waals surface area contributed by atoms with Gasteiger partial charge in [-0.2, -0.15) is 24.2 Å². The van der Waals surface area contributed by atoms with Crippen LogP contribution in [0.1, 0.15) is 128 Å². The largest absolute Gasteiger partial charge is 1.00 e. The molecule has 27 nitrogen and oxygen atoms in total. The number of carbonyl (C=O) groups is 7. The summed E-state index contributed by atoms with van der Waals surface area (Å²) in [6.45, 7) is 27.2. The van der Waals surface area contributed by atoms with Gasteiger partial charge in [-0.15, -0.1) is 0 Å². The first-order valence-electron chi connectivity index (χ1n) is 45.1. The Morgan fingerprint density at radius 2 is 0.894 bits per heavy atom. The van der Waals surface area contributed by atoms with Crippen molar-refractivity contribution in [1.82, 2.24) is 0 Å². The van der Waals surface area contributed by atoms with E-state index in [-0.39, 0.29) is 101 Å². The van der Waals surface area contributed by atoms with E-state index >= 15 is 0 Å². The number of rotatable bonds is 29. The van der Waals surface area contributed by atoms with Crippen LogP contribution in [0.4, 0.5) is 40.0 Å². The molecule has 7 heterocycles. The molecule has 30 heteroatoms. The minimum Gasteiger partial charge on any atom is -1.00 e. The van der Waals surface area contributed by atoms with E-state index in [0.29, 0.717) is 75.6 Å². The molecule has 0 atom stereocenters. The molecule has 724 valence electrons. The van der Waals surface area contributed by atoms with E-state index in [9.17, 15) is 64.4 Å². The van der Waals surface area contributed by atoms with Crippen LogP contribution in [0.25, 0.3) is 66.3 Å². The number of carboxylic acids is 3. The number of para-hydroxylation sites is 2.